The largest absolute Gasteiger partial charge is 0.464 e. The molecule has 0 saturated carbocycles. The van der Waals surface area contributed by atoms with Crippen LogP contribution in [0.15, 0.2) is 42.6 Å². The fraction of sp³-hybridized carbons (Fsp3) is 0.421. The Hall–Kier alpha value is -2.11. The van der Waals surface area contributed by atoms with Gasteiger partial charge in [-0.15, -0.1) is 0 Å². The van der Waals surface area contributed by atoms with Crippen molar-refractivity contribution in [2.24, 2.45) is 0 Å². The van der Waals surface area contributed by atoms with Gasteiger partial charge >= 0.3 is 5.97 Å². The number of benzene rings is 1. The Morgan fingerprint density at radius 1 is 1.42 bits per heavy atom. The summed E-state index contributed by atoms with van der Waals surface area (Å²) in [6, 6.07) is 12.0. The molecule has 1 aromatic heterocycles. The van der Waals surface area contributed by atoms with Crippen molar-refractivity contribution in [3.8, 4) is 0 Å². The molecular formula is C19H24N2O3. The Kier molecular flexibility index (Phi) is 5.33. The van der Waals surface area contributed by atoms with Gasteiger partial charge in [-0.3, -0.25) is 4.90 Å². The second-order valence-electron chi connectivity index (χ2n) is 6.34. The first-order valence-corrected chi connectivity index (χ1v) is 8.40. The van der Waals surface area contributed by atoms with Gasteiger partial charge in [-0.25, -0.2) is 4.79 Å². The first-order chi connectivity index (χ1) is 11.7. The highest BCUT2D eigenvalue weighted by Gasteiger charge is 2.27. The van der Waals surface area contributed by atoms with Crippen LogP contribution in [-0.2, 0) is 11.3 Å². The summed E-state index contributed by atoms with van der Waals surface area (Å²) >= 11 is 0. The van der Waals surface area contributed by atoms with Crippen molar-refractivity contribution in [1.82, 2.24) is 9.88 Å². The molecule has 128 valence electrons. The quantitative estimate of drug-likeness (QED) is 0.800. The number of rotatable bonds is 6. The lowest BCUT2D eigenvalue weighted by Crippen LogP contribution is -2.30. The average Bonchev–Trinajstić information content (AvgIpc) is 3.25. The van der Waals surface area contributed by atoms with Crippen LogP contribution in [0, 0.1) is 0 Å². The molecule has 2 unspecified atom stereocenters. The Morgan fingerprint density at radius 3 is 2.96 bits per heavy atom. The molecule has 1 aliphatic rings. The number of nitrogens with zero attached hydrogens (tertiary/aromatic N) is 1. The van der Waals surface area contributed by atoms with E-state index in [1.807, 2.05) is 42.6 Å². The monoisotopic (exact) mass is 328 g/mol. The Balaban J connectivity index is 1.61. The number of likely N-dealkylation sites (tertiary alicyclic amines) is 1. The standard InChI is InChI=1S/C19H24N2O3/c1-24-19(23)17-10-14(12-20-17)13-21-9-5-8-16(21)11-18(22)15-6-3-2-4-7-15/h2-4,6-7,10,12,16,18,20,22H,5,8-9,11,13H2,1H3. The number of nitrogens with one attached hydrogen (secondary N) is 1. The third-order valence-electron chi connectivity index (χ3n) is 4.71. The van der Waals surface area contributed by atoms with Crippen molar-refractivity contribution in [2.75, 3.05) is 13.7 Å². The molecule has 1 saturated heterocycles. The number of aliphatic hydroxyl groups is 1. The van der Waals surface area contributed by atoms with Gasteiger partial charge in [-0.1, -0.05) is 30.3 Å². The van der Waals surface area contributed by atoms with Crippen LogP contribution in [0.3, 0.4) is 0 Å². The number of aromatic nitrogens is 1. The number of aliphatic hydroxyl groups excluding tert-OH is 1. The van der Waals surface area contributed by atoms with Gasteiger partial charge in [0.15, 0.2) is 0 Å². The van der Waals surface area contributed by atoms with E-state index in [0.717, 1.165) is 43.5 Å². The van der Waals surface area contributed by atoms with E-state index in [0.29, 0.717) is 11.7 Å². The smallest absolute Gasteiger partial charge is 0.354 e. The molecule has 1 aromatic carbocycles. The fourth-order valence-corrected chi connectivity index (χ4v) is 3.43. The molecule has 2 heterocycles. The second kappa shape index (κ2) is 7.64. The minimum Gasteiger partial charge on any atom is -0.464 e. The molecule has 0 spiro atoms. The minimum atomic E-state index is -0.436. The third kappa shape index (κ3) is 3.86. The summed E-state index contributed by atoms with van der Waals surface area (Å²) in [4.78, 5) is 16.9. The first-order valence-electron chi connectivity index (χ1n) is 8.40. The Bertz CT molecular complexity index is 668. The number of aromatic amines is 1. The zero-order valence-corrected chi connectivity index (χ0v) is 13.9. The van der Waals surface area contributed by atoms with Gasteiger partial charge in [0.1, 0.15) is 5.69 Å². The first kappa shape index (κ1) is 16.7. The van der Waals surface area contributed by atoms with E-state index in [2.05, 4.69) is 9.88 Å². The predicted molar refractivity (Wildman–Crippen MR) is 91.6 cm³/mol. The highest BCUT2D eigenvalue weighted by molar-refractivity contribution is 5.87. The van der Waals surface area contributed by atoms with Crippen LogP contribution in [0.2, 0.25) is 0 Å². The Morgan fingerprint density at radius 2 is 2.21 bits per heavy atom. The summed E-state index contributed by atoms with van der Waals surface area (Å²) < 4.78 is 4.73. The van der Waals surface area contributed by atoms with E-state index in [1.165, 1.54) is 7.11 Å². The summed E-state index contributed by atoms with van der Waals surface area (Å²) in [7, 11) is 1.38. The summed E-state index contributed by atoms with van der Waals surface area (Å²) in [5, 5.41) is 10.5. The zero-order valence-electron chi connectivity index (χ0n) is 13.9. The molecular weight excluding hydrogens is 304 g/mol. The van der Waals surface area contributed by atoms with Gasteiger partial charge in [-0.05, 0) is 43.0 Å². The minimum absolute atomic E-state index is 0.348. The van der Waals surface area contributed by atoms with Crippen LogP contribution in [0.25, 0.3) is 0 Å². The van der Waals surface area contributed by atoms with Gasteiger partial charge in [0.25, 0.3) is 0 Å². The van der Waals surface area contributed by atoms with Crippen LogP contribution in [0.1, 0.15) is 47.0 Å². The molecule has 1 fully saturated rings. The molecule has 3 rings (SSSR count). The van der Waals surface area contributed by atoms with Crippen LogP contribution in [0.5, 0.6) is 0 Å². The van der Waals surface area contributed by atoms with Gasteiger partial charge in [0.05, 0.1) is 13.2 Å². The summed E-state index contributed by atoms with van der Waals surface area (Å²) in [6.07, 6.45) is 4.39. The molecule has 24 heavy (non-hydrogen) atoms. The number of hydrogen-bond donors (Lipinski definition) is 2. The van der Waals surface area contributed by atoms with Crippen LogP contribution < -0.4 is 0 Å². The third-order valence-corrected chi connectivity index (χ3v) is 4.71. The molecule has 2 atom stereocenters. The highest BCUT2D eigenvalue weighted by Crippen LogP contribution is 2.28. The van der Waals surface area contributed by atoms with Gasteiger partial charge in [-0.2, -0.15) is 0 Å². The summed E-state index contributed by atoms with van der Waals surface area (Å²) in [5.74, 6) is -0.348. The molecule has 0 radical (unpaired) electrons. The fourth-order valence-electron chi connectivity index (χ4n) is 3.43. The Labute approximate surface area is 142 Å². The van der Waals surface area contributed by atoms with Gasteiger partial charge in [0, 0.05) is 18.8 Å². The van der Waals surface area contributed by atoms with Crippen molar-refractivity contribution in [1.29, 1.82) is 0 Å². The number of esters is 1. The van der Waals surface area contributed by atoms with E-state index in [4.69, 9.17) is 4.74 Å². The maximum absolute atomic E-state index is 11.5. The van der Waals surface area contributed by atoms with Gasteiger partial charge < -0.3 is 14.8 Å². The molecule has 0 aliphatic carbocycles. The lowest BCUT2D eigenvalue weighted by atomic mass is 10.0. The van der Waals surface area contributed by atoms with Crippen LogP contribution in [-0.4, -0.2) is 40.7 Å². The number of H-pyrrole nitrogens is 1. The second-order valence-corrected chi connectivity index (χ2v) is 6.34. The van der Waals surface area contributed by atoms with Crippen LogP contribution in [0.4, 0.5) is 0 Å². The van der Waals surface area contributed by atoms with Crippen LogP contribution >= 0.6 is 0 Å². The van der Waals surface area contributed by atoms with Crippen molar-refractivity contribution in [3.63, 3.8) is 0 Å². The van der Waals surface area contributed by atoms with E-state index < -0.39 is 6.10 Å². The number of carbonyl (C=O) groups excluding carboxylic acids is 1. The molecule has 5 heteroatoms. The highest BCUT2D eigenvalue weighted by atomic mass is 16.5. The molecule has 0 amide bonds. The normalized spacial score (nSPS) is 19.3. The SMILES string of the molecule is COC(=O)c1cc(CN2CCCC2CC(O)c2ccccc2)c[nH]1. The molecule has 2 N–H and O–H groups in total. The van der Waals surface area contributed by atoms with E-state index in [9.17, 15) is 9.90 Å². The number of methoxy groups -OCH3 is 1. The average molecular weight is 328 g/mol. The molecule has 0 bridgehead atoms. The predicted octanol–water partition coefficient (Wildman–Crippen LogP) is 2.89. The van der Waals surface area contributed by atoms with E-state index in [1.54, 1.807) is 0 Å². The maximum atomic E-state index is 11.5. The summed E-state index contributed by atoms with van der Waals surface area (Å²) in [6.45, 7) is 1.80. The van der Waals surface area contributed by atoms with E-state index >= 15 is 0 Å². The molecule has 2 aromatic rings. The van der Waals surface area contributed by atoms with E-state index in [-0.39, 0.29) is 5.97 Å². The molecule has 5 nitrogen and oxygen atoms in total. The number of ether oxygens (including phenoxy) is 1. The lowest BCUT2D eigenvalue weighted by molar-refractivity contribution is 0.0595. The summed E-state index contributed by atoms with van der Waals surface area (Å²) in [5.41, 5.74) is 2.52. The van der Waals surface area contributed by atoms with Crippen molar-refractivity contribution in [2.45, 2.75) is 38.0 Å². The number of carbonyl (C=O) groups is 1. The number of hydrogen-bond acceptors (Lipinski definition) is 4. The topological polar surface area (TPSA) is 65.6 Å². The molecule has 1 aliphatic heterocycles. The lowest BCUT2D eigenvalue weighted by Gasteiger charge is -2.26. The van der Waals surface area contributed by atoms with Crippen molar-refractivity contribution < 1.29 is 14.6 Å². The van der Waals surface area contributed by atoms with Crippen molar-refractivity contribution >= 4 is 5.97 Å². The maximum Gasteiger partial charge on any atom is 0.354 e. The van der Waals surface area contributed by atoms with Gasteiger partial charge in [0.2, 0.25) is 0 Å². The zero-order chi connectivity index (χ0) is 16.9. The van der Waals surface area contributed by atoms with Crippen molar-refractivity contribution in [3.05, 3.63) is 59.4 Å².